The highest BCUT2D eigenvalue weighted by Gasteiger charge is 2.30. The number of sulfonamides is 1. The number of hydrogen-bond donors (Lipinski definition) is 0. The molecule has 10 heteroatoms. The molecule has 0 aromatic heterocycles. The summed E-state index contributed by atoms with van der Waals surface area (Å²) in [5.41, 5.74) is 1.18. The van der Waals surface area contributed by atoms with Crippen LogP contribution in [0.5, 0.6) is 0 Å². The minimum Gasteiger partial charge on any atom is -0.310 e. The maximum Gasteiger partial charge on any atom is 0.271 e. The Morgan fingerprint density at radius 1 is 1.26 bits per heavy atom. The maximum absolute atomic E-state index is 12.7. The molecule has 0 unspecified atom stereocenters. The Balaban J connectivity index is 1.79. The summed E-state index contributed by atoms with van der Waals surface area (Å²) in [6.45, 7) is 0.00202. The number of nitro groups is 1. The Morgan fingerprint density at radius 2 is 1.93 bits per heavy atom. The van der Waals surface area contributed by atoms with Crippen molar-refractivity contribution >= 4 is 43.2 Å². The lowest BCUT2D eigenvalue weighted by Gasteiger charge is -2.22. The molecule has 0 aliphatic carbocycles. The number of amides is 1. The van der Waals surface area contributed by atoms with Crippen LogP contribution in [0.2, 0.25) is 0 Å². The topological polar surface area (TPSA) is 101 Å². The highest BCUT2D eigenvalue weighted by Crippen LogP contribution is 2.32. The molecular weight excluding hydrogens is 438 g/mol. The zero-order valence-electron chi connectivity index (χ0n) is 14.3. The fraction of sp³-hybridized carbons (Fsp3) is 0.235. The third kappa shape index (κ3) is 3.87. The number of rotatable bonds is 5. The van der Waals surface area contributed by atoms with E-state index in [4.69, 9.17) is 0 Å². The van der Waals surface area contributed by atoms with E-state index in [0.29, 0.717) is 18.7 Å². The number of non-ortho nitro benzene ring substituents is 1. The molecule has 0 N–H and O–H groups in total. The summed E-state index contributed by atoms with van der Waals surface area (Å²) in [5, 5.41) is 11.0. The maximum atomic E-state index is 12.7. The number of carbonyl (C=O) groups excluding carboxylic acids is 1. The van der Waals surface area contributed by atoms with E-state index in [-0.39, 0.29) is 17.1 Å². The third-order valence-electron chi connectivity index (χ3n) is 4.36. The molecule has 1 aliphatic rings. The van der Waals surface area contributed by atoms with E-state index in [1.807, 2.05) is 0 Å². The van der Waals surface area contributed by atoms with Crippen molar-refractivity contribution in [3.05, 3.63) is 62.6 Å². The number of halogens is 1. The average Bonchev–Trinajstić information content (AvgIpc) is 3.05. The van der Waals surface area contributed by atoms with Gasteiger partial charge in [-0.05, 0) is 36.2 Å². The lowest BCUT2D eigenvalue weighted by atomic mass is 10.1. The van der Waals surface area contributed by atoms with E-state index in [0.717, 1.165) is 14.3 Å². The first-order chi connectivity index (χ1) is 12.7. The summed E-state index contributed by atoms with van der Waals surface area (Å²) >= 11 is 3.25. The minimum absolute atomic E-state index is 0.0819. The number of anilines is 1. The Bertz CT molecular complexity index is 1010. The van der Waals surface area contributed by atoms with Crippen LogP contribution >= 0.6 is 15.9 Å². The second kappa shape index (κ2) is 7.37. The van der Waals surface area contributed by atoms with Crippen molar-refractivity contribution in [2.45, 2.75) is 11.3 Å². The Labute approximate surface area is 164 Å². The van der Waals surface area contributed by atoms with Gasteiger partial charge < -0.3 is 4.90 Å². The van der Waals surface area contributed by atoms with Gasteiger partial charge in [-0.15, -0.1) is 0 Å². The van der Waals surface area contributed by atoms with E-state index < -0.39 is 20.9 Å². The Hall–Kier alpha value is -2.30. The molecule has 1 heterocycles. The van der Waals surface area contributed by atoms with Crippen LogP contribution in [0.15, 0.2) is 51.8 Å². The van der Waals surface area contributed by atoms with Gasteiger partial charge in [0.05, 0.1) is 22.1 Å². The molecule has 0 saturated carbocycles. The molecule has 2 aromatic carbocycles. The van der Waals surface area contributed by atoms with Crippen LogP contribution in [0.1, 0.15) is 5.56 Å². The number of carbonyl (C=O) groups is 1. The van der Waals surface area contributed by atoms with Gasteiger partial charge in [0, 0.05) is 30.2 Å². The summed E-state index contributed by atoms with van der Waals surface area (Å²) in [6.07, 6.45) is 0.572. The number of likely N-dealkylation sites (N-methyl/N-ethyl adjacent to an activating group) is 1. The number of benzene rings is 2. The predicted molar refractivity (Wildman–Crippen MR) is 103 cm³/mol. The van der Waals surface area contributed by atoms with Crippen LogP contribution in [0.25, 0.3) is 0 Å². The number of hydrogen-bond acceptors (Lipinski definition) is 5. The van der Waals surface area contributed by atoms with Gasteiger partial charge >= 0.3 is 0 Å². The highest BCUT2D eigenvalue weighted by atomic mass is 79.9. The van der Waals surface area contributed by atoms with Gasteiger partial charge in [0.15, 0.2) is 0 Å². The van der Waals surface area contributed by atoms with Gasteiger partial charge in [0.25, 0.3) is 5.69 Å². The highest BCUT2D eigenvalue weighted by molar-refractivity contribution is 9.10. The van der Waals surface area contributed by atoms with Crippen molar-refractivity contribution in [2.24, 2.45) is 0 Å². The van der Waals surface area contributed by atoms with Crippen molar-refractivity contribution in [2.75, 3.05) is 25.0 Å². The van der Waals surface area contributed by atoms with Crippen molar-refractivity contribution in [1.82, 2.24) is 4.31 Å². The molecular formula is C17H16BrN3O5S. The molecule has 0 saturated heterocycles. The van der Waals surface area contributed by atoms with E-state index in [2.05, 4.69) is 15.9 Å². The molecule has 8 nitrogen and oxygen atoms in total. The number of nitrogens with zero attached hydrogens (tertiary/aromatic N) is 3. The quantitative estimate of drug-likeness (QED) is 0.511. The standard InChI is InChI=1S/C17H16BrN3O5S/c1-19(27(25,26)15-6-3-13(18)4-7-15)11-17(22)20-9-8-12-2-5-14(21(23)24)10-16(12)20/h2-7,10H,8-9,11H2,1H3. The molecule has 0 fully saturated rings. The first-order valence-corrected chi connectivity index (χ1v) is 10.2. The zero-order valence-corrected chi connectivity index (χ0v) is 16.7. The second-order valence-corrected chi connectivity index (χ2v) is 9.04. The zero-order chi connectivity index (χ0) is 19.8. The predicted octanol–water partition coefficient (Wildman–Crippen LogP) is 2.57. The first kappa shape index (κ1) is 19.5. The van der Waals surface area contributed by atoms with Gasteiger partial charge in [-0.1, -0.05) is 22.0 Å². The molecule has 2 aromatic rings. The average molecular weight is 454 g/mol. The number of nitro benzene ring substituents is 1. The Kier molecular flexibility index (Phi) is 5.31. The lowest BCUT2D eigenvalue weighted by molar-refractivity contribution is -0.384. The largest absolute Gasteiger partial charge is 0.310 e. The van der Waals surface area contributed by atoms with Crippen molar-refractivity contribution in [1.29, 1.82) is 0 Å². The fourth-order valence-corrected chi connectivity index (χ4v) is 4.27. The van der Waals surface area contributed by atoms with Gasteiger partial charge in [0.1, 0.15) is 0 Å². The molecule has 0 bridgehead atoms. The van der Waals surface area contributed by atoms with Crippen LogP contribution in [-0.4, -0.2) is 43.7 Å². The molecule has 1 aliphatic heterocycles. The normalized spacial score (nSPS) is 13.7. The molecule has 3 rings (SSSR count). The van der Waals surface area contributed by atoms with E-state index >= 15 is 0 Å². The van der Waals surface area contributed by atoms with E-state index in [1.165, 1.54) is 36.2 Å². The smallest absolute Gasteiger partial charge is 0.271 e. The van der Waals surface area contributed by atoms with Gasteiger partial charge in [-0.25, -0.2) is 8.42 Å². The van der Waals surface area contributed by atoms with Crippen LogP contribution in [0.3, 0.4) is 0 Å². The van der Waals surface area contributed by atoms with Crippen LogP contribution in [0, 0.1) is 10.1 Å². The molecule has 1 amide bonds. The molecule has 27 heavy (non-hydrogen) atoms. The van der Waals surface area contributed by atoms with Crippen LogP contribution < -0.4 is 4.90 Å². The fourth-order valence-electron chi connectivity index (χ4n) is 2.89. The monoisotopic (exact) mass is 453 g/mol. The van der Waals surface area contributed by atoms with Gasteiger partial charge in [-0.2, -0.15) is 4.31 Å². The summed E-state index contributed by atoms with van der Waals surface area (Å²) < 4.78 is 27.0. The SMILES string of the molecule is CN(CC(=O)N1CCc2ccc([N+](=O)[O-])cc21)S(=O)(=O)c1ccc(Br)cc1. The lowest BCUT2D eigenvalue weighted by Crippen LogP contribution is -2.40. The third-order valence-corrected chi connectivity index (χ3v) is 6.70. The first-order valence-electron chi connectivity index (χ1n) is 8.00. The molecule has 0 atom stereocenters. The van der Waals surface area contributed by atoms with Crippen LogP contribution in [0.4, 0.5) is 11.4 Å². The summed E-state index contributed by atoms with van der Waals surface area (Å²) in [4.78, 5) is 24.6. The molecule has 0 radical (unpaired) electrons. The van der Waals surface area contributed by atoms with E-state index in [9.17, 15) is 23.3 Å². The number of fused-ring (bicyclic) bond motifs is 1. The summed E-state index contributed by atoms with van der Waals surface area (Å²) in [6, 6.07) is 10.5. The summed E-state index contributed by atoms with van der Waals surface area (Å²) in [5.74, 6) is -0.433. The van der Waals surface area contributed by atoms with E-state index in [1.54, 1.807) is 18.2 Å². The van der Waals surface area contributed by atoms with Crippen molar-refractivity contribution < 1.29 is 18.1 Å². The minimum atomic E-state index is -3.82. The van der Waals surface area contributed by atoms with Crippen LogP contribution in [-0.2, 0) is 21.2 Å². The van der Waals surface area contributed by atoms with Crippen molar-refractivity contribution in [3.8, 4) is 0 Å². The second-order valence-electron chi connectivity index (χ2n) is 6.08. The molecule has 0 spiro atoms. The Morgan fingerprint density at radius 3 is 2.56 bits per heavy atom. The van der Waals surface area contributed by atoms with Gasteiger partial charge in [0.2, 0.25) is 15.9 Å². The summed E-state index contributed by atoms with van der Waals surface area (Å²) in [7, 11) is -2.49. The molecule has 142 valence electrons. The van der Waals surface area contributed by atoms with Crippen molar-refractivity contribution in [3.63, 3.8) is 0 Å². The van der Waals surface area contributed by atoms with Gasteiger partial charge in [-0.3, -0.25) is 14.9 Å².